The van der Waals surface area contributed by atoms with Crippen molar-refractivity contribution in [3.8, 4) is 0 Å². The van der Waals surface area contributed by atoms with E-state index < -0.39 is 0 Å². The Bertz CT molecular complexity index is 59.0. The van der Waals surface area contributed by atoms with Gasteiger partial charge in [-0.25, -0.2) is 0 Å². The molecule has 0 fully saturated rings. The predicted octanol–water partition coefficient (Wildman–Crippen LogP) is -1.85. The maximum Gasteiger partial charge on any atom is 0.106 e. The second kappa shape index (κ2) is 660. The molecule has 0 aliphatic rings. The van der Waals surface area contributed by atoms with Crippen molar-refractivity contribution in [3.05, 3.63) is 0 Å². The average molecular weight is 398 g/mol. The Labute approximate surface area is 136 Å². The van der Waals surface area contributed by atoms with Gasteiger partial charge in [0.25, 0.3) is 0 Å². The Morgan fingerprint density at radius 1 is 0.190 bits per heavy atom. The zero-order valence-corrected chi connectivity index (χ0v) is 13.4. The SMILES string of the molecule is C=O.C=O.C=O.C=O.C=O.C=O.C=O.C=O.C=O.C=O.[Tc]. The van der Waals surface area contributed by atoms with Crippen LogP contribution in [0, 0.1) is 0 Å². The average Bonchev–Trinajstić information content (AvgIpc) is 2.71. The minimum Gasteiger partial charge on any atom is -0.307 e. The van der Waals surface area contributed by atoms with E-state index >= 15 is 0 Å². The molecule has 0 aromatic heterocycles. The number of carbonyl (C=O) groups is 10. The monoisotopic (exact) mass is 397 g/mol. The number of hydrogen-bond donors (Lipinski definition) is 0. The normalized spacial score (nSPS) is 1.90. The van der Waals surface area contributed by atoms with E-state index in [4.69, 9.17) is 47.9 Å². The molecule has 21 heavy (non-hydrogen) atoms. The molecule has 0 aromatic carbocycles. The van der Waals surface area contributed by atoms with Crippen LogP contribution in [-0.4, -0.2) is 67.9 Å². The molecular weight excluding hydrogens is 378 g/mol. The first-order valence-electron chi connectivity index (χ1n) is 2.89. The van der Waals surface area contributed by atoms with Crippen LogP contribution < -0.4 is 0 Å². The molecule has 10 nitrogen and oxygen atoms in total. The summed E-state index contributed by atoms with van der Waals surface area (Å²) < 4.78 is 0. The van der Waals surface area contributed by atoms with Crippen LogP contribution in [-0.2, 0) is 68.1 Å². The van der Waals surface area contributed by atoms with Crippen molar-refractivity contribution in [2.24, 2.45) is 0 Å². The summed E-state index contributed by atoms with van der Waals surface area (Å²) in [7, 11) is 0. The van der Waals surface area contributed by atoms with Gasteiger partial charge in [0, 0.05) is 20.1 Å². The molecule has 0 bridgehead atoms. The Morgan fingerprint density at radius 3 is 0.190 bits per heavy atom. The molecule has 0 rings (SSSR count). The standard InChI is InChI=1S/10CH2O.Tc/c10*1-2;/h10*1H2;. The number of hydrogen-bond acceptors (Lipinski definition) is 10. The van der Waals surface area contributed by atoms with E-state index in [-0.39, 0.29) is 20.1 Å². The molecule has 0 spiro atoms. The van der Waals surface area contributed by atoms with Gasteiger partial charge in [0.05, 0.1) is 0 Å². The van der Waals surface area contributed by atoms with E-state index in [0.717, 1.165) is 0 Å². The van der Waals surface area contributed by atoms with E-state index in [0.29, 0.717) is 0 Å². The van der Waals surface area contributed by atoms with Crippen molar-refractivity contribution in [1.29, 1.82) is 0 Å². The van der Waals surface area contributed by atoms with E-state index in [9.17, 15) is 0 Å². The fourth-order valence-electron chi connectivity index (χ4n) is 0. The Kier molecular flexibility index (Phi) is 3210. The van der Waals surface area contributed by atoms with Gasteiger partial charge in [0.2, 0.25) is 0 Å². The largest absolute Gasteiger partial charge is 0.307 e. The molecule has 0 heterocycles. The molecule has 0 atom stereocenters. The summed E-state index contributed by atoms with van der Waals surface area (Å²) in [5, 5.41) is 0. The summed E-state index contributed by atoms with van der Waals surface area (Å²) in [6.07, 6.45) is 0. The minimum atomic E-state index is 0. The van der Waals surface area contributed by atoms with Gasteiger partial charge in [-0.1, -0.05) is 0 Å². The molecule has 0 saturated carbocycles. The third-order valence-corrected chi connectivity index (χ3v) is 0. The van der Waals surface area contributed by atoms with Crippen molar-refractivity contribution in [3.63, 3.8) is 0 Å². The topological polar surface area (TPSA) is 171 Å². The second-order valence-electron chi connectivity index (χ2n) is 0. The molecular formula is C10H20O10Tc. The zero-order chi connectivity index (χ0) is 20.0. The van der Waals surface area contributed by atoms with Crippen LogP contribution >= 0.6 is 0 Å². The van der Waals surface area contributed by atoms with Gasteiger partial charge >= 0.3 is 0 Å². The molecule has 0 aliphatic carbocycles. The first kappa shape index (κ1) is 102. The third kappa shape index (κ3) is 582. The Morgan fingerprint density at radius 2 is 0.190 bits per heavy atom. The fourth-order valence-corrected chi connectivity index (χ4v) is 0. The van der Waals surface area contributed by atoms with Crippen LogP contribution in [0.1, 0.15) is 0 Å². The van der Waals surface area contributed by atoms with Crippen molar-refractivity contribution < 1.29 is 68.1 Å². The molecule has 0 aromatic rings. The Hall–Kier alpha value is -2.65. The first-order valence-corrected chi connectivity index (χ1v) is 2.89. The van der Waals surface area contributed by atoms with E-state index in [2.05, 4.69) is 0 Å². The maximum absolute atomic E-state index is 8.00. The van der Waals surface area contributed by atoms with E-state index in [1.165, 1.54) is 0 Å². The summed E-state index contributed by atoms with van der Waals surface area (Å²) in [4.78, 5) is 80.0. The maximum atomic E-state index is 8.00. The molecule has 0 N–H and O–H groups in total. The van der Waals surface area contributed by atoms with Gasteiger partial charge in [-0.05, 0) is 0 Å². The van der Waals surface area contributed by atoms with E-state index in [1.54, 1.807) is 0 Å². The van der Waals surface area contributed by atoms with Crippen LogP contribution in [0.3, 0.4) is 0 Å². The van der Waals surface area contributed by atoms with Crippen molar-refractivity contribution >= 4 is 67.9 Å². The van der Waals surface area contributed by atoms with E-state index in [1.807, 2.05) is 67.9 Å². The minimum absolute atomic E-state index is 0. The van der Waals surface area contributed by atoms with Crippen LogP contribution in [0.15, 0.2) is 0 Å². The summed E-state index contributed by atoms with van der Waals surface area (Å²) in [6, 6.07) is 0. The molecule has 0 unspecified atom stereocenters. The molecule has 1 radical (unpaired) electrons. The summed E-state index contributed by atoms with van der Waals surface area (Å²) in [5.41, 5.74) is 0. The van der Waals surface area contributed by atoms with Crippen LogP contribution in [0.25, 0.3) is 0 Å². The van der Waals surface area contributed by atoms with Crippen molar-refractivity contribution in [2.45, 2.75) is 0 Å². The van der Waals surface area contributed by atoms with Crippen LogP contribution in [0.4, 0.5) is 0 Å². The fraction of sp³-hybridized carbons (Fsp3) is 0. The molecule has 11 heteroatoms. The second-order valence-corrected chi connectivity index (χ2v) is 0. The molecule has 127 valence electrons. The summed E-state index contributed by atoms with van der Waals surface area (Å²) >= 11 is 0. The van der Waals surface area contributed by atoms with Crippen molar-refractivity contribution in [2.75, 3.05) is 0 Å². The van der Waals surface area contributed by atoms with Gasteiger partial charge in [-0.3, -0.25) is 0 Å². The summed E-state index contributed by atoms with van der Waals surface area (Å²) in [5.74, 6) is 0. The first-order chi connectivity index (χ1) is 10.0. The van der Waals surface area contributed by atoms with Gasteiger partial charge in [0.15, 0.2) is 0 Å². The zero-order valence-electron chi connectivity index (χ0n) is 11.5. The smallest absolute Gasteiger partial charge is 0.106 e. The van der Waals surface area contributed by atoms with Gasteiger partial charge < -0.3 is 47.9 Å². The summed E-state index contributed by atoms with van der Waals surface area (Å²) in [6.45, 7) is 20.0. The quantitative estimate of drug-likeness (QED) is 0.451. The molecule has 0 saturated heterocycles. The van der Waals surface area contributed by atoms with Crippen LogP contribution in [0.2, 0.25) is 0 Å². The Balaban J connectivity index is -0.00000000585. The molecule has 0 aliphatic heterocycles. The van der Waals surface area contributed by atoms with Gasteiger partial charge in [-0.15, -0.1) is 0 Å². The van der Waals surface area contributed by atoms with Gasteiger partial charge in [0.1, 0.15) is 67.9 Å². The number of carbonyl (C=O) groups excluding carboxylic acids is 10. The van der Waals surface area contributed by atoms with Crippen LogP contribution in [0.5, 0.6) is 0 Å². The number of rotatable bonds is 0. The van der Waals surface area contributed by atoms with Crippen molar-refractivity contribution in [1.82, 2.24) is 0 Å². The predicted molar refractivity (Wildman–Crippen MR) is 71.2 cm³/mol. The van der Waals surface area contributed by atoms with Gasteiger partial charge in [-0.2, -0.15) is 0 Å². The third-order valence-electron chi connectivity index (χ3n) is 0. The molecule has 0 amide bonds.